The molecular weight excluding hydrogens is 455 g/mol. The molecule has 2 aromatic rings. The maximum atomic E-state index is 12.7. The fourth-order valence-electron chi connectivity index (χ4n) is 3.99. The molecule has 0 radical (unpaired) electrons. The summed E-state index contributed by atoms with van der Waals surface area (Å²) in [5.41, 5.74) is 1.81. The Bertz CT molecular complexity index is 946. The summed E-state index contributed by atoms with van der Waals surface area (Å²) in [6.45, 7) is 2.59. The molecule has 2 aliphatic heterocycles. The molecule has 184 valence electrons. The topological polar surface area (TPSA) is 102 Å². The first-order valence-electron chi connectivity index (χ1n) is 10.8. The summed E-state index contributed by atoms with van der Waals surface area (Å²) < 4.78 is 43.9. The quantitative estimate of drug-likeness (QED) is 0.701. The van der Waals surface area contributed by atoms with Crippen molar-refractivity contribution >= 4 is 11.9 Å². The third kappa shape index (κ3) is 7.49. The minimum atomic E-state index is -5.08. The van der Waals surface area contributed by atoms with E-state index < -0.39 is 12.1 Å². The van der Waals surface area contributed by atoms with Crippen LogP contribution in [-0.4, -0.2) is 69.4 Å². The number of hydrogen-bond acceptors (Lipinski definition) is 6. The second kappa shape index (κ2) is 11.4. The van der Waals surface area contributed by atoms with E-state index in [1.54, 1.807) is 18.6 Å². The number of carboxylic acids is 1. The lowest BCUT2D eigenvalue weighted by atomic mass is 9.89. The second-order valence-corrected chi connectivity index (χ2v) is 8.25. The van der Waals surface area contributed by atoms with Gasteiger partial charge in [-0.25, -0.2) is 4.79 Å². The van der Waals surface area contributed by atoms with Crippen LogP contribution in [0.1, 0.15) is 30.4 Å². The monoisotopic (exact) mass is 481 g/mol. The molecule has 2 fully saturated rings. The molecule has 0 aromatic carbocycles. The fourth-order valence-corrected chi connectivity index (χ4v) is 3.99. The van der Waals surface area contributed by atoms with E-state index in [1.165, 1.54) is 0 Å². The summed E-state index contributed by atoms with van der Waals surface area (Å²) in [5.74, 6) is -2.60. The van der Waals surface area contributed by atoms with Crippen LogP contribution >= 0.6 is 0 Å². The number of ether oxygens (including phenoxy) is 2. The van der Waals surface area contributed by atoms with Gasteiger partial charge in [-0.3, -0.25) is 14.8 Å². The molecule has 2 aromatic heterocycles. The van der Waals surface area contributed by atoms with E-state index in [1.807, 2.05) is 35.4 Å². The normalized spacial score (nSPS) is 22.2. The maximum absolute atomic E-state index is 12.7. The van der Waals surface area contributed by atoms with Gasteiger partial charge < -0.3 is 19.5 Å². The van der Waals surface area contributed by atoms with Crippen molar-refractivity contribution < 1.29 is 37.3 Å². The van der Waals surface area contributed by atoms with Crippen molar-refractivity contribution in [2.24, 2.45) is 0 Å². The first-order valence-corrected chi connectivity index (χ1v) is 10.8. The number of carbonyl (C=O) groups is 2. The lowest BCUT2D eigenvalue weighted by molar-refractivity contribution is -0.192. The molecule has 4 heterocycles. The summed E-state index contributed by atoms with van der Waals surface area (Å²) in [4.78, 5) is 31.7. The predicted octanol–water partition coefficient (Wildman–Crippen LogP) is 3.02. The van der Waals surface area contributed by atoms with Gasteiger partial charge in [0, 0.05) is 44.3 Å². The number of pyridine rings is 2. The first kappa shape index (κ1) is 25.6. The number of carbonyl (C=O) groups excluding carboxylic acids is 1. The Kier molecular flexibility index (Phi) is 8.56. The number of aromatic nitrogens is 2. The number of halogens is 3. The number of carboxylic acid groups (broad SMARTS) is 1. The van der Waals surface area contributed by atoms with Gasteiger partial charge in [0.2, 0.25) is 5.91 Å². The van der Waals surface area contributed by atoms with Gasteiger partial charge in [0.25, 0.3) is 0 Å². The second-order valence-electron chi connectivity index (χ2n) is 8.25. The van der Waals surface area contributed by atoms with Crippen molar-refractivity contribution in [1.29, 1.82) is 0 Å². The molecular formula is C23H26F3N3O5. The molecule has 4 rings (SSSR count). The van der Waals surface area contributed by atoms with Crippen LogP contribution in [0.4, 0.5) is 13.2 Å². The van der Waals surface area contributed by atoms with Crippen LogP contribution in [0, 0.1) is 0 Å². The number of hydrogen-bond donors (Lipinski definition) is 1. The Labute approximate surface area is 194 Å². The molecule has 2 saturated heterocycles. The molecule has 2 atom stereocenters. The highest BCUT2D eigenvalue weighted by Gasteiger charge is 2.44. The summed E-state index contributed by atoms with van der Waals surface area (Å²) in [6.07, 6.45) is 5.24. The average molecular weight is 481 g/mol. The molecule has 11 heteroatoms. The van der Waals surface area contributed by atoms with Crippen molar-refractivity contribution in [2.45, 2.75) is 50.2 Å². The van der Waals surface area contributed by atoms with Crippen molar-refractivity contribution in [2.75, 3.05) is 19.7 Å². The van der Waals surface area contributed by atoms with Crippen LogP contribution in [0.15, 0.2) is 49.1 Å². The van der Waals surface area contributed by atoms with Crippen LogP contribution in [0.3, 0.4) is 0 Å². The fraction of sp³-hybridized carbons (Fsp3) is 0.478. The summed E-state index contributed by atoms with van der Waals surface area (Å²) in [5, 5.41) is 7.12. The molecule has 2 aliphatic rings. The minimum Gasteiger partial charge on any atom is -0.475 e. The zero-order chi connectivity index (χ0) is 24.6. The molecule has 0 bridgehead atoms. The highest BCUT2D eigenvalue weighted by molar-refractivity contribution is 5.79. The van der Waals surface area contributed by atoms with E-state index in [0.717, 1.165) is 36.9 Å². The van der Waals surface area contributed by atoms with Gasteiger partial charge in [-0.15, -0.1) is 0 Å². The van der Waals surface area contributed by atoms with E-state index in [0.29, 0.717) is 26.2 Å². The summed E-state index contributed by atoms with van der Waals surface area (Å²) in [7, 11) is 0. The first-order chi connectivity index (χ1) is 16.2. The Morgan fingerprint density at radius 2 is 1.91 bits per heavy atom. The highest BCUT2D eigenvalue weighted by Crippen LogP contribution is 2.36. The Hall–Kier alpha value is -3.05. The van der Waals surface area contributed by atoms with E-state index in [4.69, 9.17) is 19.4 Å². The van der Waals surface area contributed by atoms with Gasteiger partial charge in [0.15, 0.2) is 0 Å². The largest absolute Gasteiger partial charge is 0.490 e. The third-order valence-electron chi connectivity index (χ3n) is 5.62. The standard InChI is InChI=1S/C21H25N3O3.C2HF3O2/c25-20(11-17-4-8-22-9-5-17)24-10-2-6-21(16-24)12-19(15-27-21)26-14-18-3-1-7-23-13-18;3-2(4,5)1(6)7/h1,3-5,7-9,13,19H,2,6,10-12,14-16H2;(H,6,7). The number of alkyl halides is 3. The smallest absolute Gasteiger partial charge is 0.475 e. The molecule has 0 aliphatic carbocycles. The zero-order valence-corrected chi connectivity index (χ0v) is 18.4. The lowest BCUT2D eigenvalue weighted by Crippen LogP contribution is -2.50. The van der Waals surface area contributed by atoms with Gasteiger partial charge in [-0.05, 0) is 42.2 Å². The van der Waals surface area contributed by atoms with Crippen LogP contribution in [0.2, 0.25) is 0 Å². The SMILES string of the molecule is O=C(Cc1ccncc1)N1CCCC2(CC(OCc3cccnc3)CO2)C1.O=C(O)C(F)(F)F. The third-order valence-corrected chi connectivity index (χ3v) is 5.62. The van der Waals surface area contributed by atoms with Crippen LogP contribution in [-0.2, 0) is 32.1 Å². The number of rotatable bonds is 5. The van der Waals surface area contributed by atoms with Crippen molar-refractivity contribution in [3.8, 4) is 0 Å². The minimum absolute atomic E-state index is 0.0699. The summed E-state index contributed by atoms with van der Waals surface area (Å²) >= 11 is 0. The van der Waals surface area contributed by atoms with E-state index in [-0.39, 0.29) is 17.6 Å². The van der Waals surface area contributed by atoms with Crippen LogP contribution in [0.5, 0.6) is 0 Å². The number of aliphatic carboxylic acids is 1. The lowest BCUT2D eigenvalue weighted by Gasteiger charge is -2.39. The van der Waals surface area contributed by atoms with Gasteiger partial charge in [-0.2, -0.15) is 13.2 Å². The molecule has 1 N–H and O–H groups in total. The predicted molar refractivity (Wildman–Crippen MR) is 114 cm³/mol. The Balaban J connectivity index is 0.000000406. The van der Waals surface area contributed by atoms with Crippen molar-refractivity contribution in [1.82, 2.24) is 14.9 Å². The highest BCUT2D eigenvalue weighted by atomic mass is 19.4. The average Bonchev–Trinajstić information content (AvgIpc) is 3.20. The number of likely N-dealkylation sites (tertiary alicyclic amines) is 1. The molecule has 1 spiro atoms. The van der Waals surface area contributed by atoms with E-state index in [2.05, 4.69) is 9.97 Å². The van der Waals surface area contributed by atoms with E-state index in [9.17, 15) is 18.0 Å². The molecule has 0 saturated carbocycles. The molecule has 1 amide bonds. The van der Waals surface area contributed by atoms with Crippen molar-refractivity contribution in [3.63, 3.8) is 0 Å². The Morgan fingerprint density at radius 3 is 2.56 bits per heavy atom. The molecule has 2 unspecified atom stereocenters. The maximum Gasteiger partial charge on any atom is 0.490 e. The molecule has 8 nitrogen and oxygen atoms in total. The zero-order valence-electron chi connectivity index (χ0n) is 18.4. The molecule has 34 heavy (non-hydrogen) atoms. The number of piperidine rings is 1. The van der Waals surface area contributed by atoms with Gasteiger partial charge in [0.1, 0.15) is 0 Å². The number of nitrogens with zero attached hydrogens (tertiary/aromatic N) is 3. The van der Waals surface area contributed by atoms with Crippen LogP contribution in [0.25, 0.3) is 0 Å². The van der Waals surface area contributed by atoms with Crippen molar-refractivity contribution in [3.05, 3.63) is 60.2 Å². The Morgan fingerprint density at radius 1 is 1.18 bits per heavy atom. The van der Waals surface area contributed by atoms with Gasteiger partial charge >= 0.3 is 12.1 Å². The van der Waals surface area contributed by atoms with Gasteiger partial charge in [0.05, 0.1) is 31.3 Å². The van der Waals surface area contributed by atoms with E-state index >= 15 is 0 Å². The van der Waals surface area contributed by atoms with Gasteiger partial charge in [-0.1, -0.05) is 6.07 Å². The summed E-state index contributed by atoms with van der Waals surface area (Å²) in [6, 6.07) is 7.72. The van der Waals surface area contributed by atoms with Crippen LogP contribution < -0.4 is 0 Å². The number of amides is 1.